The second kappa shape index (κ2) is 22.5. The van der Waals surface area contributed by atoms with Crippen LogP contribution >= 0.6 is 0 Å². The normalized spacial score (nSPS) is 4.36. The molecule has 0 atom stereocenters. The molecule has 0 radical (unpaired) electrons. The van der Waals surface area contributed by atoms with Gasteiger partial charge in [-0.3, -0.25) is 0 Å². The van der Waals surface area contributed by atoms with Crippen LogP contribution in [-0.4, -0.2) is 76.1 Å². The minimum Gasteiger partial charge on any atom is -1.00 e. The Balaban J connectivity index is -0.00000000800. The van der Waals surface area contributed by atoms with Gasteiger partial charge in [0, 0.05) is 18.3 Å². The van der Waals surface area contributed by atoms with Crippen molar-refractivity contribution in [3.05, 3.63) is 0 Å². The molecule has 0 aliphatic heterocycles. The van der Waals surface area contributed by atoms with E-state index in [1.807, 2.05) is 0 Å². The van der Waals surface area contributed by atoms with Gasteiger partial charge in [-0.1, -0.05) is 0 Å². The van der Waals surface area contributed by atoms with E-state index >= 15 is 0 Å². The van der Waals surface area contributed by atoms with Crippen LogP contribution in [-0.2, 0) is 8.92 Å². The molecule has 6 nitrogen and oxygen atoms in total. The van der Waals surface area contributed by atoms with E-state index in [1.54, 1.807) is 0 Å². The first-order valence-electron chi connectivity index (χ1n) is 1.22. The van der Waals surface area contributed by atoms with Crippen molar-refractivity contribution in [3.63, 3.8) is 0 Å². The molecular weight excluding hydrogens is 230 g/mol. The van der Waals surface area contributed by atoms with E-state index in [1.165, 1.54) is 0 Å². The summed E-state index contributed by atoms with van der Waals surface area (Å²) in [5, 5.41) is 0. The monoisotopic (exact) mass is 238 g/mol. The fourth-order valence-electron chi connectivity index (χ4n) is 0. The maximum absolute atomic E-state index is 8.52. The molecule has 0 unspecified atom stereocenters. The van der Waals surface area contributed by atoms with Crippen molar-refractivity contribution < 1.29 is 31.0 Å². The maximum atomic E-state index is 8.52. The fourth-order valence-corrected chi connectivity index (χ4v) is 0. The van der Waals surface area contributed by atoms with Gasteiger partial charge in [0.05, 0.1) is 0 Å². The molecule has 11 heavy (non-hydrogen) atoms. The largest absolute Gasteiger partial charge is 2.00 e. The van der Waals surface area contributed by atoms with E-state index in [2.05, 4.69) is 0 Å². The molecule has 0 rings (SSSR count). The van der Waals surface area contributed by atoms with Crippen LogP contribution in [0.1, 0.15) is 2.85 Å². The molecule has 0 N–H and O–H groups in total. The van der Waals surface area contributed by atoms with Gasteiger partial charge in [-0.2, -0.15) is 0 Å². The summed E-state index contributed by atoms with van der Waals surface area (Å²) in [4.78, 5) is 34.1. The molecule has 0 bridgehead atoms. The van der Waals surface area contributed by atoms with Gasteiger partial charge < -0.3 is 31.0 Å². The molecule has 0 aliphatic rings. The Morgan fingerprint density at radius 1 is 0.818 bits per heavy atom. The molecule has 0 heterocycles. The molecule has 0 aliphatic carbocycles. The van der Waals surface area contributed by atoms with Crippen molar-refractivity contribution in [2.45, 2.75) is 0 Å². The van der Waals surface area contributed by atoms with Crippen LogP contribution in [0.5, 0.6) is 0 Å². The Hall–Kier alpha value is 1.06. The standard InChI is InChI=1S/2Al.Mg.2O3Si.8H/c;;;2*1-4(2)3;;;;;;;;/q;;+2;2*-2;;;;;;;2*-1. The Kier molecular flexibility index (Phi) is 60.4. The van der Waals surface area contributed by atoms with E-state index in [-0.39, 0.29) is 60.6 Å². The van der Waals surface area contributed by atoms with E-state index in [4.69, 9.17) is 28.1 Å². The minimum absolute atomic E-state index is 0. The predicted octanol–water partition coefficient (Wildman–Crippen LogP) is -8.28. The zero-order chi connectivity index (χ0) is 7.15. The maximum Gasteiger partial charge on any atom is 2.00 e. The van der Waals surface area contributed by atoms with Crippen LogP contribution in [0.4, 0.5) is 0 Å². The molecular formula is H8Al2MgO6Si2-4. The summed E-state index contributed by atoms with van der Waals surface area (Å²) < 4.78 is 17.0. The average molecular weight is 238 g/mol. The smallest absolute Gasteiger partial charge is 1.00 e. The van der Waals surface area contributed by atoms with Crippen molar-refractivity contribution in [3.8, 4) is 0 Å². The third-order valence-electron chi connectivity index (χ3n) is 0. The first-order chi connectivity index (χ1) is 3.46. The number of rotatable bonds is 0. The topological polar surface area (TPSA) is 126 Å². The molecule has 0 amide bonds. The Bertz CT molecular complexity index is 84.6. The fraction of sp³-hybridized carbons (Fsp3) is 0. The van der Waals surface area contributed by atoms with Gasteiger partial charge in [0.15, 0.2) is 34.7 Å². The molecule has 0 saturated carbocycles. The third kappa shape index (κ3) is 802. The quantitative estimate of drug-likeness (QED) is 0.386. The van der Waals surface area contributed by atoms with Gasteiger partial charge in [-0.05, 0) is 0 Å². The van der Waals surface area contributed by atoms with Crippen LogP contribution in [0.15, 0.2) is 0 Å². The molecule has 0 fully saturated rings. The molecule has 11 heteroatoms. The summed E-state index contributed by atoms with van der Waals surface area (Å²) in [5.74, 6) is 0. The summed E-state index contributed by atoms with van der Waals surface area (Å²) >= 11 is 0. The van der Waals surface area contributed by atoms with Crippen LogP contribution in [0.25, 0.3) is 0 Å². The van der Waals surface area contributed by atoms with Crippen molar-refractivity contribution in [1.29, 1.82) is 0 Å². The van der Waals surface area contributed by atoms with Crippen LogP contribution in [0.3, 0.4) is 0 Å². The summed E-state index contributed by atoms with van der Waals surface area (Å²) in [6.07, 6.45) is 0. The van der Waals surface area contributed by atoms with Crippen LogP contribution < -0.4 is 19.2 Å². The Morgan fingerprint density at radius 3 is 0.818 bits per heavy atom. The van der Waals surface area contributed by atoms with Gasteiger partial charge in [-0.25, -0.2) is 0 Å². The van der Waals surface area contributed by atoms with Gasteiger partial charge >= 0.3 is 23.1 Å². The molecule has 0 aromatic rings. The van der Waals surface area contributed by atoms with Crippen LogP contribution in [0.2, 0.25) is 0 Å². The van der Waals surface area contributed by atoms with Gasteiger partial charge in [0.1, 0.15) is 0 Å². The molecule has 0 aromatic carbocycles. The average Bonchev–Trinajstić information content (AvgIpc) is 1.25. The Labute approximate surface area is 106 Å². The third-order valence-corrected chi connectivity index (χ3v) is 0. The summed E-state index contributed by atoms with van der Waals surface area (Å²) in [6, 6.07) is 0. The van der Waals surface area contributed by atoms with Gasteiger partial charge in [0.2, 0.25) is 0 Å². The predicted molar refractivity (Wildman–Crippen MR) is 40.7 cm³/mol. The summed E-state index contributed by atoms with van der Waals surface area (Å²) in [5.41, 5.74) is 0. The van der Waals surface area contributed by atoms with Crippen LogP contribution in [0, 0.1) is 0 Å². The van der Waals surface area contributed by atoms with Gasteiger partial charge in [0.25, 0.3) is 0 Å². The van der Waals surface area contributed by atoms with Crippen molar-refractivity contribution in [1.82, 2.24) is 0 Å². The van der Waals surface area contributed by atoms with E-state index in [9.17, 15) is 0 Å². The summed E-state index contributed by atoms with van der Waals surface area (Å²) in [7, 11) is -7.26. The summed E-state index contributed by atoms with van der Waals surface area (Å²) in [6.45, 7) is 0. The second-order valence-electron chi connectivity index (χ2n) is 0.500. The molecule has 0 aromatic heterocycles. The molecule has 0 spiro atoms. The zero-order valence-corrected chi connectivity index (χ0v) is 7.57. The Morgan fingerprint density at radius 2 is 0.818 bits per heavy atom. The molecule has 64 valence electrons. The molecule has 0 saturated heterocycles. The van der Waals surface area contributed by atoms with Crippen molar-refractivity contribution in [2.75, 3.05) is 0 Å². The number of hydrogen-bond donors (Lipinski definition) is 0. The minimum atomic E-state index is -3.63. The van der Waals surface area contributed by atoms with Gasteiger partial charge in [-0.15, -0.1) is 0 Å². The first-order valence-corrected chi connectivity index (χ1v) is 3.67. The first kappa shape index (κ1) is 29.6. The SMILES string of the molecule is O=[Si]([O-])[O-].O=[Si]([O-])[O-].[AlH3].[AlH3].[H-].[H-].[Mg+2]. The van der Waals surface area contributed by atoms with E-state index in [0.717, 1.165) is 0 Å². The van der Waals surface area contributed by atoms with E-state index < -0.39 is 18.3 Å². The zero-order valence-electron chi connectivity index (χ0n) is 6.16. The number of hydrogen-bond acceptors (Lipinski definition) is 6. The van der Waals surface area contributed by atoms with E-state index in [0.29, 0.717) is 0 Å². The van der Waals surface area contributed by atoms with Crippen molar-refractivity contribution in [2.24, 2.45) is 0 Å². The second-order valence-corrected chi connectivity index (χ2v) is 1.50. The van der Waals surface area contributed by atoms with Crippen molar-refractivity contribution >= 4 is 76.1 Å².